The van der Waals surface area contributed by atoms with E-state index in [4.69, 9.17) is 20.4 Å². The van der Waals surface area contributed by atoms with Gasteiger partial charge in [0.1, 0.15) is 0 Å². The average Bonchev–Trinajstić information content (AvgIpc) is 2.50. The second kappa shape index (κ2) is 12.1. The number of aliphatic hydroxyl groups excluding tert-OH is 4. The number of halogens is 1. The van der Waals surface area contributed by atoms with Crippen LogP contribution in [0.5, 0.6) is 0 Å². The van der Waals surface area contributed by atoms with Gasteiger partial charge in [-0.15, -0.1) is 0 Å². The summed E-state index contributed by atoms with van der Waals surface area (Å²) in [5, 5.41) is 40.3. The summed E-state index contributed by atoms with van der Waals surface area (Å²) in [6.07, 6.45) is 0.210. The lowest BCUT2D eigenvalue weighted by Crippen LogP contribution is -2.48. The Morgan fingerprint density at radius 2 is 1.38 bits per heavy atom. The highest BCUT2D eigenvalue weighted by atomic mass is 127. The van der Waals surface area contributed by atoms with Gasteiger partial charge in [-0.05, 0) is 6.42 Å². The van der Waals surface area contributed by atoms with E-state index in [1.165, 1.54) is 0 Å². The fourth-order valence-electron chi connectivity index (χ4n) is 1.41. The van der Waals surface area contributed by atoms with Crippen molar-refractivity contribution in [2.24, 2.45) is 0 Å². The topological polar surface area (TPSA) is 151 Å². The minimum Gasteiger partial charge on any atom is -0.394 e. The monoisotopic (exact) mass is 419 g/mol. The molecule has 0 saturated carbocycles. The molecule has 0 saturated heterocycles. The molecule has 1 unspecified atom stereocenters. The second-order valence-corrected chi connectivity index (χ2v) is 5.02. The molecule has 0 aromatic rings. The first-order valence-electron chi connectivity index (χ1n) is 6.41. The third kappa shape index (κ3) is 8.48. The van der Waals surface area contributed by atoms with Crippen molar-refractivity contribution in [3.8, 4) is 0 Å². The molecule has 124 valence electrons. The number of carbonyl (C=O) groups is 2. The van der Waals surface area contributed by atoms with Gasteiger partial charge in [-0.25, -0.2) is 3.53 Å². The van der Waals surface area contributed by atoms with Gasteiger partial charge >= 0.3 is 0 Å². The van der Waals surface area contributed by atoms with Gasteiger partial charge in [0.15, 0.2) is 0 Å². The first-order chi connectivity index (χ1) is 10.0. The van der Waals surface area contributed by atoms with Crippen molar-refractivity contribution in [3.63, 3.8) is 0 Å². The van der Waals surface area contributed by atoms with Crippen molar-refractivity contribution in [3.05, 3.63) is 0 Å². The number of nitrogens with one attached hydrogen (secondary N) is 3. The Hall–Kier alpha value is -0.530. The SMILES string of the molecule is O=C(CCC(NI)C(=O)NC(CO)CO)NC(CO)CO. The summed E-state index contributed by atoms with van der Waals surface area (Å²) in [7, 11) is 0. The minimum absolute atomic E-state index is 0.0213. The van der Waals surface area contributed by atoms with Crippen LogP contribution in [0.15, 0.2) is 0 Å². The average molecular weight is 419 g/mol. The van der Waals surface area contributed by atoms with E-state index in [0.29, 0.717) is 0 Å². The number of rotatable bonds is 11. The lowest BCUT2D eigenvalue weighted by atomic mass is 10.1. The normalized spacial score (nSPS) is 12.5. The predicted molar refractivity (Wildman–Crippen MR) is 82.4 cm³/mol. The van der Waals surface area contributed by atoms with Crippen LogP contribution in [0.2, 0.25) is 0 Å². The van der Waals surface area contributed by atoms with Gasteiger partial charge in [0.05, 0.1) is 44.6 Å². The van der Waals surface area contributed by atoms with E-state index in [-0.39, 0.29) is 39.3 Å². The van der Waals surface area contributed by atoms with Crippen LogP contribution in [-0.4, -0.2) is 76.8 Å². The van der Waals surface area contributed by atoms with Crippen LogP contribution in [-0.2, 0) is 9.59 Å². The maximum absolute atomic E-state index is 11.8. The zero-order valence-corrected chi connectivity index (χ0v) is 13.6. The van der Waals surface area contributed by atoms with Crippen molar-refractivity contribution in [2.75, 3.05) is 26.4 Å². The lowest BCUT2D eigenvalue weighted by Gasteiger charge is -2.19. The maximum atomic E-state index is 11.8. The summed E-state index contributed by atoms with van der Waals surface area (Å²) in [5.74, 6) is -0.834. The molecule has 0 radical (unpaired) electrons. The lowest BCUT2D eigenvalue weighted by molar-refractivity contribution is -0.125. The van der Waals surface area contributed by atoms with E-state index >= 15 is 0 Å². The molecule has 0 heterocycles. The first-order valence-corrected chi connectivity index (χ1v) is 7.49. The van der Waals surface area contributed by atoms with Crippen LogP contribution in [0.25, 0.3) is 0 Å². The Morgan fingerprint density at radius 1 is 0.905 bits per heavy atom. The molecule has 0 fully saturated rings. The van der Waals surface area contributed by atoms with E-state index in [2.05, 4.69) is 14.2 Å². The summed E-state index contributed by atoms with van der Waals surface area (Å²) in [4.78, 5) is 23.4. The molecule has 10 heteroatoms. The summed E-state index contributed by atoms with van der Waals surface area (Å²) in [5.41, 5.74) is 0. The third-order valence-corrected chi connectivity index (χ3v) is 3.45. The molecule has 0 bridgehead atoms. The summed E-state index contributed by atoms with van der Waals surface area (Å²) >= 11 is 1.78. The van der Waals surface area contributed by atoms with Crippen LogP contribution >= 0.6 is 22.9 Å². The quantitative estimate of drug-likeness (QED) is 0.139. The van der Waals surface area contributed by atoms with Crippen molar-refractivity contribution in [1.82, 2.24) is 14.2 Å². The van der Waals surface area contributed by atoms with Gasteiger partial charge in [0, 0.05) is 29.3 Å². The van der Waals surface area contributed by atoms with Gasteiger partial charge in [-0.1, -0.05) is 0 Å². The molecule has 0 rings (SSSR count). The molecule has 0 aromatic heterocycles. The zero-order chi connectivity index (χ0) is 16.3. The number of aliphatic hydroxyl groups is 4. The Morgan fingerprint density at radius 3 is 1.81 bits per heavy atom. The summed E-state index contributed by atoms with van der Waals surface area (Å²) in [6.45, 7) is -1.51. The molecule has 7 N–H and O–H groups in total. The Balaban J connectivity index is 4.25. The van der Waals surface area contributed by atoms with Gasteiger partial charge in [0.25, 0.3) is 0 Å². The minimum atomic E-state index is -0.744. The summed E-state index contributed by atoms with van der Waals surface area (Å²) < 4.78 is 2.71. The molecule has 0 aliphatic rings. The highest BCUT2D eigenvalue weighted by Crippen LogP contribution is 2.01. The largest absolute Gasteiger partial charge is 0.394 e. The van der Waals surface area contributed by atoms with Crippen molar-refractivity contribution in [2.45, 2.75) is 31.0 Å². The van der Waals surface area contributed by atoms with Gasteiger partial charge in [0.2, 0.25) is 11.8 Å². The van der Waals surface area contributed by atoms with Crippen molar-refractivity contribution >= 4 is 34.7 Å². The van der Waals surface area contributed by atoms with E-state index in [1.807, 2.05) is 0 Å². The number of hydrogen-bond donors (Lipinski definition) is 7. The summed E-state index contributed by atoms with van der Waals surface area (Å²) in [6, 6.07) is -2.13. The highest BCUT2D eigenvalue weighted by molar-refractivity contribution is 14.1. The Kier molecular flexibility index (Phi) is 11.8. The zero-order valence-electron chi connectivity index (χ0n) is 11.5. The third-order valence-electron chi connectivity index (χ3n) is 2.70. The van der Waals surface area contributed by atoms with E-state index in [0.717, 1.165) is 0 Å². The van der Waals surface area contributed by atoms with Crippen molar-refractivity contribution in [1.29, 1.82) is 0 Å². The highest BCUT2D eigenvalue weighted by Gasteiger charge is 2.21. The molecule has 9 nitrogen and oxygen atoms in total. The Labute approximate surface area is 136 Å². The van der Waals surface area contributed by atoms with Crippen LogP contribution in [0, 0.1) is 0 Å². The molecule has 21 heavy (non-hydrogen) atoms. The molecule has 0 aliphatic carbocycles. The first kappa shape index (κ1) is 20.5. The molecule has 0 aromatic carbocycles. The van der Waals surface area contributed by atoms with Crippen LogP contribution in [0.1, 0.15) is 12.8 Å². The van der Waals surface area contributed by atoms with Gasteiger partial charge in [-0.3, -0.25) is 9.59 Å². The fraction of sp³-hybridized carbons (Fsp3) is 0.818. The second-order valence-electron chi connectivity index (χ2n) is 4.40. The smallest absolute Gasteiger partial charge is 0.238 e. The molecule has 1 atom stereocenters. The van der Waals surface area contributed by atoms with Gasteiger partial charge in [-0.2, -0.15) is 0 Å². The molecule has 2 amide bonds. The van der Waals surface area contributed by atoms with E-state index in [9.17, 15) is 9.59 Å². The molecule has 0 spiro atoms. The van der Waals surface area contributed by atoms with Crippen LogP contribution in [0.4, 0.5) is 0 Å². The van der Waals surface area contributed by atoms with E-state index < -0.39 is 29.9 Å². The van der Waals surface area contributed by atoms with Crippen molar-refractivity contribution < 1.29 is 30.0 Å². The Bertz CT molecular complexity index is 312. The fourth-order valence-corrected chi connectivity index (χ4v) is 2.00. The number of carbonyl (C=O) groups excluding carboxylic acids is 2. The van der Waals surface area contributed by atoms with Crippen LogP contribution < -0.4 is 14.2 Å². The number of amides is 2. The van der Waals surface area contributed by atoms with Crippen LogP contribution in [0.3, 0.4) is 0 Å². The maximum Gasteiger partial charge on any atom is 0.238 e. The standard InChI is InChI=1S/C11H22IN3O6/c12-15-9(11(21)14-8(5-18)6-19)1-2-10(20)13-7(3-16)4-17/h7-9,15-19H,1-6H2,(H,13,20)(H,14,21). The predicted octanol–water partition coefficient (Wildman–Crippen LogP) is -2.99. The number of hydrogen-bond acceptors (Lipinski definition) is 7. The van der Waals surface area contributed by atoms with E-state index in [1.54, 1.807) is 22.9 Å². The van der Waals surface area contributed by atoms with Gasteiger partial charge < -0.3 is 31.1 Å². The molecular formula is C11H22IN3O6. The molecular weight excluding hydrogens is 397 g/mol. The molecule has 0 aliphatic heterocycles.